The molecule has 0 radical (unpaired) electrons. The molecule has 0 bridgehead atoms. The number of rotatable bonds is 2. The van der Waals surface area contributed by atoms with Crippen molar-refractivity contribution in [2.75, 3.05) is 29.6 Å². The number of anilines is 2. The van der Waals surface area contributed by atoms with Gasteiger partial charge in [0.05, 0.1) is 5.88 Å². The van der Waals surface area contributed by atoms with Crippen molar-refractivity contribution in [1.82, 2.24) is 4.90 Å². The highest BCUT2D eigenvalue weighted by Gasteiger charge is 2.27. The van der Waals surface area contributed by atoms with Crippen LogP contribution in [0.2, 0.25) is 0 Å². The second-order valence-electron chi connectivity index (χ2n) is 4.58. The van der Waals surface area contributed by atoms with E-state index in [1.54, 1.807) is 0 Å². The molecule has 4 heteroatoms. The first-order valence-corrected chi connectivity index (χ1v) is 7.02. The molecule has 1 aromatic carbocycles. The maximum absolute atomic E-state index is 5.71. The molecule has 3 rings (SSSR count). The Balaban J connectivity index is 1.67. The average Bonchev–Trinajstić information content (AvgIpc) is 3.00. The van der Waals surface area contributed by atoms with E-state index >= 15 is 0 Å². The van der Waals surface area contributed by atoms with Gasteiger partial charge in [0.25, 0.3) is 0 Å². The van der Waals surface area contributed by atoms with Crippen molar-refractivity contribution in [3.63, 3.8) is 0 Å². The smallest absolute Gasteiger partial charge is 0.0678 e. The van der Waals surface area contributed by atoms with Gasteiger partial charge in [-0.05, 0) is 36.1 Å². The number of benzene rings is 1. The lowest BCUT2D eigenvalue weighted by Gasteiger charge is -2.24. The predicted molar refractivity (Wildman–Crippen MR) is 74.9 cm³/mol. The van der Waals surface area contributed by atoms with Crippen molar-refractivity contribution in [2.45, 2.75) is 12.5 Å². The van der Waals surface area contributed by atoms with E-state index in [9.17, 15) is 0 Å². The van der Waals surface area contributed by atoms with Crippen LogP contribution < -0.4 is 10.6 Å². The summed E-state index contributed by atoms with van der Waals surface area (Å²) in [4.78, 5) is 4.89. The Bertz CT molecular complexity index is 415. The lowest BCUT2D eigenvalue weighted by Crippen LogP contribution is -2.32. The minimum absolute atomic E-state index is 0.666. The summed E-state index contributed by atoms with van der Waals surface area (Å²) in [5.41, 5.74) is 7.84. The van der Waals surface area contributed by atoms with Crippen LogP contribution in [0.5, 0.6) is 0 Å². The third-order valence-corrected chi connectivity index (χ3v) is 4.22. The van der Waals surface area contributed by atoms with Crippen LogP contribution in [0.4, 0.5) is 11.4 Å². The minimum Gasteiger partial charge on any atom is -0.399 e. The number of hydrogen-bond donors (Lipinski definition) is 1. The molecule has 1 saturated heterocycles. The van der Waals surface area contributed by atoms with Crippen molar-refractivity contribution in [3.8, 4) is 0 Å². The predicted octanol–water partition coefficient (Wildman–Crippen LogP) is 2.33. The maximum atomic E-state index is 5.71. The Hall–Kier alpha value is -1.29. The molecule has 2 N–H and O–H groups in total. The van der Waals surface area contributed by atoms with Gasteiger partial charge in [0.1, 0.15) is 0 Å². The van der Waals surface area contributed by atoms with Gasteiger partial charge in [-0.1, -0.05) is 0 Å². The molecule has 0 saturated carbocycles. The van der Waals surface area contributed by atoms with Crippen molar-refractivity contribution < 1.29 is 0 Å². The van der Waals surface area contributed by atoms with E-state index in [1.165, 1.54) is 12.1 Å². The van der Waals surface area contributed by atoms with Crippen molar-refractivity contribution >= 4 is 23.1 Å². The van der Waals surface area contributed by atoms with Gasteiger partial charge in [0, 0.05) is 36.7 Å². The highest BCUT2D eigenvalue weighted by molar-refractivity contribution is 8.02. The molecule has 0 spiro atoms. The van der Waals surface area contributed by atoms with Crippen LogP contribution in [0.3, 0.4) is 0 Å². The van der Waals surface area contributed by atoms with E-state index in [1.807, 2.05) is 23.9 Å². The highest BCUT2D eigenvalue weighted by atomic mass is 32.2. The second kappa shape index (κ2) is 4.53. The molecule has 17 heavy (non-hydrogen) atoms. The molecule has 1 aromatic rings. The van der Waals surface area contributed by atoms with Gasteiger partial charge in [-0.25, -0.2) is 0 Å². The van der Waals surface area contributed by atoms with E-state index in [4.69, 9.17) is 5.73 Å². The summed E-state index contributed by atoms with van der Waals surface area (Å²) < 4.78 is 0. The van der Waals surface area contributed by atoms with Crippen LogP contribution in [0, 0.1) is 0 Å². The number of thioether (sulfide) groups is 1. The molecule has 0 aromatic heterocycles. The Morgan fingerprint density at radius 2 is 2.06 bits per heavy atom. The summed E-state index contributed by atoms with van der Waals surface area (Å²) in [6.07, 6.45) is 3.47. The van der Waals surface area contributed by atoms with Gasteiger partial charge in [0.15, 0.2) is 0 Å². The highest BCUT2D eigenvalue weighted by Crippen LogP contribution is 2.27. The summed E-state index contributed by atoms with van der Waals surface area (Å²) >= 11 is 1.88. The van der Waals surface area contributed by atoms with Crippen molar-refractivity contribution in [1.29, 1.82) is 0 Å². The van der Waals surface area contributed by atoms with Gasteiger partial charge in [-0.15, -0.1) is 11.8 Å². The zero-order valence-corrected chi connectivity index (χ0v) is 10.6. The monoisotopic (exact) mass is 247 g/mol. The molecule has 3 nitrogen and oxygen atoms in total. The standard InChI is InChI=1S/C13H17N3S/c14-11-1-3-12(4-2-11)15-6-5-13(9-15)16-7-8-17-10-16/h1-4,7-8,13H,5-6,9-10,14H2. The molecule has 1 unspecified atom stereocenters. The molecule has 2 aliphatic rings. The van der Waals surface area contributed by atoms with E-state index in [0.29, 0.717) is 6.04 Å². The molecule has 0 aliphatic carbocycles. The first-order valence-electron chi connectivity index (χ1n) is 5.97. The number of nitrogens with zero attached hydrogens (tertiary/aromatic N) is 2. The first kappa shape index (κ1) is 10.8. The summed E-state index contributed by atoms with van der Waals surface area (Å²) in [5.74, 6) is 1.11. The van der Waals surface area contributed by atoms with Crippen LogP contribution in [-0.2, 0) is 0 Å². The van der Waals surface area contributed by atoms with Gasteiger partial charge in [0.2, 0.25) is 0 Å². The number of nitrogens with two attached hydrogens (primary N) is 1. The number of nitrogen functional groups attached to an aromatic ring is 1. The topological polar surface area (TPSA) is 32.5 Å². The van der Waals surface area contributed by atoms with E-state index in [0.717, 1.165) is 24.7 Å². The Kier molecular flexibility index (Phi) is 2.89. The quantitative estimate of drug-likeness (QED) is 0.813. The van der Waals surface area contributed by atoms with Crippen LogP contribution in [0.1, 0.15) is 6.42 Å². The van der Waals surface area contributed by atoms with E-state index in [2.05, 4.69) is 33.5 Å². The fourth-order valence-electron chi connectivity index (χ4n) is 2.45. The summed E-state index contributed by atoms with van der Waals surface area (Å²) in [5, 5.41) is 2.19. The third kappa shape index (κ3) is 2.22. The Labute approximate surface area is 106 Å². The molecule has 2 aliphatic heterocycles. The normalized spacial score (nSPS) is 23.6. The van der Waals surface area contributed by atoms with Gasteiger partial charge >= 0.3 is 0 Å². The van der Waals surface area contributed by atoms with Gasteiger partial charge in [-0.3, -0.25) is 0 Å². The molecule has 2 heterocycles. The largest absolute Gasteiger partial charge is 0.399 e. The lowest BCUT2D eigenvalue weighted by atomic mass is 10.2. The third-order valence-electron chi connectivity index (χ3n) is 3.46. The Morgan fingerprint density at radius 3 is 2.76 bits per heavy atom. The van der Waals surface area contributed by atoms with Crippen LogP contribution in [0.15, 0.2) is 35.9 Å². The molecular formula is C13H17N3S. The van der Waals surface area contributed by atoms with E-state index in [-0.39, 0.29) is 0 Å². The molecule has 1 atom stereocenters. The zero-order valence-electron chi connectivity index (χ0n) is 9.75. The van der Waals surface area contributed by atoms with E-state index < -0.39 is 0 Å². The summed E-state index contributed by atoms with van der Waals surface area (Å²) in [6, 6.07) is 8.86. The summed E-state index contributed by atoms with van der Waals surface area (Å²) in [7, 11) is 0. The molecule has 1 fully saturated rings. The summed E-state index contributed by atoms with van der Waals surface area (Å²) in [6.45, 7) is 2.26. The minimum atomic E-state index is 0.666. The lowest BCUT2D eigenvalue weighted by molar-refractivity contribution is 0.346. The van der Waals surface area contributed by atoms with Gasteiger partial charge in [-0.2, -0.15) is 0 Å². The van der Waals surface area contributed by atoms with Crippen LogP contribution in [0.25, 0.3) is 0 Å². The van der Waals surface area contributed by atoms with Crippen molar-refractivity contribution in [3.05, 3.63) is 35.9 Å². The zero-order chi connectivity index (χ0) is 11.7. The maximum Gasteiger partial charge on any atom is 0.0678 e. The fourth-order valence-corrected chi connectivity index (χ4v) is 3.25. The second-order valence-corrected chi connectivity index (χ2v) is 5.44. The molecular weight excluding hydrogens is 230 g/mol. The van der Waals surface area contributed by atoms with Crippen LogP contribution in [-0.4, -0.2) is 29.9 Å². The van der Waals surface area contributed by atoms with Gasteiger partial charge < -0.3 is 15.5 Å². The molecule has 0 amide bonds. The number of hydrogen-bond acceptors (Lipinski definition) is 4. The fraction of sp³-hybridized carbons (Fsp3) is 0.385. The first-order chi connectivity index (χ1) is 8.33. The average molecular weight is 247 g/mol. The Morgan fingerprint density at radius 1 is 1.24 bits per heavy atom. The molecule has 90 valence electrons. The van der Waals surface area contributed by atoms with Crippen molar-refractivity contribution in [2.24, 2.45) is 0 Å². The SMILES string of the molecule is Nc1ccc(N2CCC(N3C=CSC3)C2)cc1. The van der Waals surface area contributed by atoms with Crippen LogP contribution >= 0.6 is 11.8 Å².